The van der Waals surface area contributed by atoms with Crippen LogP contribution in [0.3, 0.4) is 0 Å². The molecule has 0 aliphatic carbocycles. The van der Waals surface area contributed by atoms with Gasteiger partial charge in [0.2, 0.25) is 0 Å². The zero-order valence-corrected chi connectivity index (χ0v) is 8.22. The predicted octanol–water partition coefficient (Wildman–Crippen LogP) is -0.272. The summed E-state index contributed by atoms with van der Waals surface area (Å²) in [5.41, 5.74) is -1.68. The number of hydrogen-bond donors (Lipinski definition) is 4. The van der Waals surface area contributed by atoms with Crippen molar-refractivity contribution in [1.29, 1.82) is 0 Å². The molecule has 0 radical (unpaired) electrons. The Hall–Kier alpha value is -0.910. The number of rotatable bonds is 5. The molecule has 1 atom stereocenters. The number of carboxylic acids is 2. The molecule has 4 N–H and O–H groups in total. The Morgan fingerprint density at radius 1 is 1.21 bits per heavy atom. The van der Waals surface area contributed by atoms with Gasteiger partial charge in [-0.05, 0) is 6.42 Å². The third-order valence-corrected chi connectivity index (χ3v) is 3.29. The van der Waals surface area contributed by atoms with Crippen LogP contribution >= 0.6 is 7.60 Å². The van der Waals surface area contributed by atoms with E-state index >= 15 is 0 Å². The van der Waals surface area contributed by atoms with Gasteiger partial charge < -0.3 is 20.0 Å². The fourth-order valence-corrected chi connectivity index (χ4v) is 2.22. The van der Waals surface area contributed by atoms with Crippen LogP contribution in [-0.2, 0) is 14.2 Å². The van der Waals surface area contributed by atoms with Crippen molar-refractivity contribution in [2.24, 2.45) is 5.92 Å². The van der Waals surface area contributed by atoms with Crippen molar-refractivity contribution in [3.8, 4) is 0 Å². The van der Waals surface area contributed by atoms with Crippen molar-refractivity contribution >= 4 is 19.5 Å². The van der Waals surface area contributed by atoms with Gasteiger partial charge in [0.15, 0.2) is 5.92 Å². The van der Waals surface area contributed by atoms with E-state index in [1.165, 1.54) is 6.92 Å². The van der Waals surface area contributed by atoms with Gasteiger partial charge in [-0.2, -0.15) is 0 Å². The lowest BCUT2D eigenvalue weighted by atomic mass is 10.0. The van der Waals surface area contributed by atoms with Crippen molar-refractivity contribution < 1.29 is 34.2 Å². The average Bonchev–Trinajstić information content (AvgIpc) is 1.95. The molecule has 1 unspecified atom stereocenters. The van der Waals surface area contributed by atoms with Gasteiger partial charge in [-0.25, -0.2) is 0 Å². The molecule has 0 aliphatic rings. The lowest BCUT2D eigenvalue weighted by Gasteiger charge is -2.20. The van der Waals surface area contributed by atoms with E-state index in [-0.39, 0.29) is 6.42 Å². The van der Waals surface area contributed by atoms with Gasteiger partial charge in [-0.3, -0.25) is 14.2 Å². The molecule has 8 heteroatoms. The molecule has 0 heterocycles. The van der Waals surface area contributed by atoms with Gasteiger partial charge in [-0.15, -0.1) is 0 Å². The maximum Gasteiger partial charge on any atom is 0.330 e. The largest absolute Gasteiger partial charge is 0.481 e. The summed E-state index contributed by atoms with van der Waals surface area (Å²) in [7, 11) is -4.70. The maximum absolute atomic E-state index is 10.8. The third-order valence-electron chi connectivity index (χ3n) is 1.77. The van der Waals surface area contributed by atoms with E-state index in [1.54, 1.807) is 0 Å². The van der Waals surface area contributed by atoms with Gasteiger partial charge in [0.25, 0.3) is 0 Å². The summed E-state index contributed by atoms with van der Waals surface area (Å²) in [4.78, 5) is 38.4. The van der Waals surface area contributed by atoms with E-state index in [0.717, 1.165) is 0 Å². The molecular formula is C6H11O7P. The lowest BCUT2D eigenvalue weighted by molar-refractivity contribution is -0.154. The molecule has 0 rings (SSSR count). The minimum absolute atomic E-state index is 0.215. The molecular weight excluding hydrogens is 215 g/mol. The maximum atomic E-state index is 10.8. The van der Waals surface area contributed by atoms with Crippen molar-refractivity contribution in [2.45, 2.75) is 19.0 Å². The van der Waals surface area contributed by atoms with Crippen molar-refractivity contribution in [3.05, 3.63) is 0 Å². The summed E-state index contributed by atoms with van der Waals surface area (Å²) in [6.45, 7) is 1.32. The minimum atomic E-state index is -4.70. The molecule has 14 heavy (non-hydrogen) atoms. The highest BCUT2D eigenvalue weighted by molar-refractivity contribution is 7.52. The standard InChI is InChI=1S/C6H11O7P/c1-2-3(14(11,12)13)4(5(7)8)6(9)10/h3-4H,2H2,1H3,(H,7,8)(H,9,10)(H2,11,12,13). The van der Waals surface area contributed by atoms with E-state index < -0.39 is 31.1 Å². The van der Waals surface area contributed by atoms with Crippen molar-refractivity contribution in [3.63, 3.8) is 0 Å². The topological polar surface area (TPSA) is 132 Å². The molecule has 0 aliphatic heterocycles. The number of aliphatic carboxylic acids is 2. The molecule has 0 fully saturated rings. The number of hydrogen-bond acceptors (Lipinski definition) is 3. The van der Waals surface area contributed by atoms with Crippen LogP contribution in [0.2, 0.25) is 0 Å². The first-order chi connectivity index (χ1) is 6.21. The first-order valence-corrected chi connectivity index (χ1v) is 5.40. The zero-order valence-electron chi connectivity index (χ0n) is 7.32. The van der Waals surface area contributed by atoms with Crippen LogP contribution in [0.15, 0.2) is 0 Å². The Morgan fingerprint density at radius 3 is 1.64 bits per heavy atom. The zero-order chi connectivity index (χ0) is 11.5. The second-order valence-electron chi connectivity index (χ2n) is 2.72. The molecule has 0 aromatic rings. The second kappa shape index (κ2) is 4.54. The summed E-state index contributed by atoms with van der Waals surface area (Å²) in [5, 5.41) is 17.0. The van der Waals surface area contributed by atoms with Gasteiger partial charge in [0.05, 0.1) is 5.66 Å². The predicted molar refractivity (Wildman–Crippen MR) is 44.9 cm³/mol. The molecule has 82 valence electrons. The van der Waals surface area contributed by atoms with Crippen LogP contribution in [0, 0.1) is 5.92 Å². The van der Waals surface area contributed by atoms with Gasteiger partial charge in [-0.1, -0.05) is 6.92 Å². The van der Waals surface area contributed by atoms with E-state index in [0.29, 0.717) is 0 Å². The summed E-state index contributed by atoms with van der Waals surface area (Å²) < 4.78 is 10.8. The van der Waals surface area contributed by atoms with Gasteiger partial charge in [0, 0.05) is 0 Å². The first kappa shape index (κ1) is 13.1. The van der Waals surface area contributed by atoms with Crippen molar-refractivity contribution in [2.75, 3.05) is 0 Å². The van der Waals surface area contributed by atoms with E-state index in [9.17, 15) is 14.2 Å². The Kier molecular flexibility index (Phi) is 4.25. The molecule has 0 saturated heterocycles. The number of carboxylic acid groups (broad SMARTS) is 2. The van der Waals surface area contributed by atoms with Crippen molar-refractivity contribution in [1.82, 2.24) is 0 Å². The second-order valence-corrected chi connectivity index (χ2v) is 4.56. The van der Waals surface area contributed by atoms with Gasteiger partial charge in [0.1, 0.15) is 0 Å². The first-order valence-electron chi connectivity index (χ1n) is 3.72. The van der Waals surface area contributed by atoms with Gasteiger partial charge >= 0.3 is 19.5 Å². The third kappa shape index (κ3) is 3.10. The SMILES string of the molecule is CCC(C(C(=O)O)C(=O)O)P(=O)(O)O. The Balaban J connectivity index is 5.07. The molecule has 0 saturated carbocycles. The van der Waals surface area contributed by atoms with Crippen LogP contribution in [0.4, 0.5) is 0 Å². The molecule has 7 nitrogen and oxygen atoms in total. The highest BCUT2D eigenvalue weighted by atomic mass is 31.2. The van der Waals surface area contributed by atoms with Crippen LogP contribution in [0.1, 0.15) is 13.3 Å². The van der Waals surface area contributed by atoms with E-state index in [2.05, 4.69) is 0 Å². The van der Waals surface area contributed by atoms with Crippen LogP contribution in [0.5, 0.6) is 0 Å². The Bertz CT molecular complexity index is 266. The number of carbonyl (C=O) groups is 2. The van der Waals surface area contributed by atoms with Crippen LogP contribution in [0.25, 0.3) is 0 Å². The summed E-state index contributed by atoms with van der Waals surface area (Å²) in [6.07, 6.45) is -0.215. The lowest BCUT2D eigenvalue weighted by Crippen LogP contribution is -2.34. The highest BCUT2D eigenvalue weighted by Crippen LogP contribution is 2.46. The summed E-state index contributed by atoms with van der Waals surface area (Å²) in [5.74, 6) is -5.55. The highest BCUT2D eigenvalue weighted by Gasteiger charge is 2.43. The summed E-state index contributed by atoms with van der Waals surface area (Å²) in [6, 6.07) is 0. The molecule has 0 bridgehead atoms. The van der Waals surface area contributed by atoms with E-state index in [1.807, 2.05) is 0 Å². The summed E-state index contributed by atoms with van der Waals surface area (Å²) >= 11 is 0. The quantitative estimate of drug-likeness (QED) is 0.374. The molecule has 0 aromatic heterocycles. The molecule has 0 aromatic carbocycles. The average molecular weight is 226 g/mol. The molecule has 0 spiro atoms. The molecule has 0 amide bonds. The fraction of sp³-hybridized carbons (Fsp3) is 0.667. The normalized spacial score (nSPS) is 14.0. The Morgan fingerprint density at radius 2 is 1.57 bits per heavy atom. The van der Waals surface area contributed by atoms with Crippen LogP contribution < -0.4 is 0 Å². The fourth-order valence-electron chi connectivity index (χ4n) is 1.10. The smallest absolute Gasteiger partial charge is 0.330 e. The van der Waals surface area contributed by atoms with E-state index in [4.69, 9.17) is 20.0 Å². The Labute approximate surface area is 79.5 Å². The van der Waals surface area contributed by atoms with Crippen LogP contribution in [-0.4, -0.2) is 37.6 Å². The minimum Gasteiger partial charge on any atom is -0.481 e. The monoisotopic (exact) mass is 226 g/mol.